The Hall–Kier alpha value is -3.39. The molecule has 2 aromatic carbocycles. The van der Waals surface area contributed by atoms with Crippen molar-refractivity contribution in [2.45, 2.75) is 5.16 Å². The predicted octanol–water partition coefficient (Wildman–Crippen LogP) is 3.93. The molecule has 4 aromatic rings. The molecule has 0 aliphatic heterocycles. The molecule has 6 nitrogen and oxygen atoms in total. The molecule has 1 N–H and O–H groups in total. The van der Waals surface area contributed by atoms with Gasteiger partial charge < -0.3 is 5.32 Å². The van der Waals surface area contributed by atoms with Gasteiger partial charge >= 0.3 is 0 Å². The zero-order valence-corrected chi connectivity index (χ0v) is 15.5. The fraction of sp³-hybridized carbons (Fsp3) is 0.0500. The molecule has 0 saturated heterocycles. The topological polar surface area (TPSA) is 64.7 Å². The molecular formula is C20H16FN5OS. The first-order chi connectivity index (χ1) is 13.7. The molecule has 0 atom stereocenters. The van der Waals surface area contributed by atoms with Crippen LogP contribution >= 0.6 is 11.8 Å². The summed E-state index contributed by atoms with van der Waals surface area (Å²) in [4.78, 5) is 12.3. The number of anilines is 1. The van der Waals surface area contributed by atoms with Gasteiger partial charge in [-0.05, 0) is 30.3 Å². The third kappa shape index (κ3) is 3.96. The Morgan fingerprint density at radius 2 is 1.79 bits per heavy atom. The predicted molar refractivity (Wildman–Crippen MR) is 106 cm³/mol. The number of hydrogen-bond acceptors (Lipinski definition) is 4. The molecule has 4 rings (SSSR count). The van der Waals surface area contributed by atoms with Crippen LogP contribution < -0.4 is 5.32 Å². The Morgan fingerprint density at radius 1 is 1.00 bits per heavy atom. The SMILES string of the molecule is O=C(CSc1nnc(-c2ccccc2)n1-n1cccc1)Nc1cccc(F)c1. The number of aromatic nitrogens is 4. The van der Waals surface area contributed by atoms with Crippen LogP contribution in [0, 0.1) is 5.82 Å². The number of hydrogen-bond donors (Lipinski definition) is 1. The van der Waals surface area contributed by atoms with Gasteiger partial charge in [0.2, 0.25) is 11.1 Å². The third-order valence-corrected chi connectivity index (χ3v) is 4.82. The van der Waals surface area contributed by atoms with Crippen molar-refractivity contribution < 1.29 is 9.18 Å². The highest BCUT2D eigenvalue weighted by atomic mass is 32.2. The molecule has 28 heavy (non-hydrogen) atoms. The summed E-state index contributed by atoms with van der Waals surface area (Å²) in [7, 11) is 0. The summed E-state index contributed by atoms with van der Waals surface area (Å²) in [6, 6.07) is 19.3. The zero-order chi connectivity index (χ0) is 19.3. The van der Waals surface area contributed by atoms with E-state index in [-0.39, 0.29) is 11.7 Å². The van der Waals surface area contributed by atoms with Gasteiger partial charge in [-0.15, -0.1) is 10.2 Å². The lowest BCUT2D eigenvalue weighted by atomic mass is 10.2. The van der Waals surface area contributed by atoms with Crippen molar-refractivity contribution in [1.29, 1.82) is 0 Å². The van der Waals surface area contributed by atoms with Crippen molar-refractivity contribution in [2.75, 3.05) is 11.1 Å². The monoisotopic (exact) mass is 393 g/mol. The van der Waals surface area contributed by atoms with E-state index in [1.165, 1.54) is 23.9 Å². The number of benzene rings is 2. The van der Waals surface area contributed by atoms with Crippen LogP contribution in [0.15, 0.2) is 84.3 Å². The van der Waals surface area contributed by atoms with E-state index in [1.807, 2.05) is 64.2 Å². The summed E-state index contributed by atoms with van der Waals surface area (Å²) in [5, 5.41) is 11.8. The van der Waals surface area contributed by atoms with E-state index in [1.54, 1.807) is 12.1 Å². The average molecular weight is 393 g/mol. The highest BCUT2D eigenvalue weighted by Crippen LogP contribution is 2.24. The molecule has 0 saturated carbocycles. The summed E-state index contributed by atoms with van der Waals surface area (Å²) in [6.45, 7) is 0. The third-order valence-electron chi connectivity index (χ3n) is 3.90. The van der Waals surface area contributed by atoms with Crippen molar-refractivity contribution in [3.05, 3.63) is 84.9 Å². The van der Waals surface area contributed by atoms with E-state index in [0.29, 0.717) is 16.7 Å². The Morgan fingerprint density at radius 3 is 2.54 bits per heavy atom. The smallest absolute Gasteiger partial charge is 0.234 e. The van der Waals surface area contributed by atoms with Gasteiger partial charge in [0.1, 0.15) is 5.82 Å². The van der Waals surface area contributed by atoms with Crippen molar-refractivity contribution in [3.63, 3.8) is 0 Å². The average Bonchev–Trinajstić information content (AvgIpc) is 3.36. The number of amides is 1. The van der Waals surface area contributed by atoms with E-state index in [2.05, 4.69) is 15.5 Å². The van der Waals surface area contributed by atoms with Gasteiger partial charge in [-0.25, -0.2) is 9.07 Å². The Kier molecular flexibility index (Phi) is 5.20. The molecule has 0 spiro atoms. The first kappa shape index (κ1) is 18.0. The van der Waals surface area contributed by atoms with Crippen LogP contribution in [0.2, 0.25) is 0 Å². The lowest BCUT2D eigenvalue weighted by Gasteiger charge is -2.11. The summed E-state index contributed by atoms with van der Waals surface area (Å²) in [5.74, 6) is 0.138. The maximum absolute atomic E-state index is 13.3. The normalized spacial score (nSPS) is 10.8. The second kappa shape index (κ2) is 8.10. The maximum atomic E-state index is 13.3. The maximum Gasteiger partial charge on any atom is 0.234 e. The number of rotatable bonds is 6. The summed E-state index contributed by atoms with van der Waals surface area (Å²) in [6.07, 6.45) is 3.76. The van der Waals surface area contributed by atoms with Crippen LogP contribution in [-0.2, 0) is 4.79 Å². The summed E-state index contributed by atoms with van der Waals surface area (Å²) < 4.78 is 17.0. The van der Waals surface area contributed by atoms with E-state index < -0.39 is 5.82 Å². The molecule has 1 amide bonds. The summed E-state index contributed by atoms with van der Waals surface area (Å²) in [5.41, 5.74) is 1.34. The zero-order valence-electron chi connectivity index (χ0n) is 14.7. The van der Waals surface area contributed by atoms with Gasteiger partial charge in [-0.2, -0.15) is 0 Å². The van der Waals surface area contributed by atoms with Gasteiger partial charge in [0.05, 0.1) is 5.75 Å². The number of carbonyl (C=O) groups is 1. The first-order valence-corrected chi connectivity index (χ1v) is 9.52. The minimum Gasteiger partial charge on any atom is -0.325 e. The molecule has 0 aliphatic carbocycles. The van der Waals surface area contributed by atoms with Gasteiger partial charge in [0.15, 0.2) is 5.82 Å². The van der Waals surface area contributed by atoms with Crippen LogP contribution in [0.1, 0.15) is 0 Å². The lowest BCUT2D eigenvalue weighted by molar-refractivity contribution is -0.113. The molecule has 0 radical (unpaired) electrons. The lowest BCUT2D eigenvalue weighted by Crippen LogP contribution is -2.16. The number of nitrogens with zero attached hydrogens (tertiary/aromatic N) is 4. The number of nitrogens with one attached hydrogen (secondary N) is 1. The quantitative estimate of drug-likeness (QED) is 0.504. The van der Waals surface area contributed by atoms with Crippen molar-refractivity contribution >= 4 is 23.4 Å². The minimum atomic E-state index is -0.398. The van der Waals surface area contributed by atoms with Gasteiger partial charge in [0.25, 0.3) is 0 Å². The molecule has 8 heteroatoms. The van der Waals surface area contributed by atoms with Crippen molar-refractivity contribution in [3.8, 4) is 11.4 Å². The molecule has 0 bridgehead atoms. The van der Waals surface area contributed by atoms with E-state index >= 15 is 0 Å². The van der Waals surface area contributed by atoms with Crippen LogP contribution in [-0.4, -0.2) is 31.2 Å². The van der Waals surface area contributed by atoms with Crippen molar-refractivity contribution in [1.82, 2.24) is 19.5 Å². The van der Waals surface area contributed by atoms with Crippen LogP contribution in [0.5, 0.6) is 0 Å². The molecule has 2 aromatic heterocycles. The van der Waals surface area contributed by atoms with Gasteiger partial charge in [0, 0.05) is 23.6 Å². The van der Waals surface area contributed by atoms with Crippen molar-refractivity contribution in [2.24, 2.45) is 0 Å². The fourth-order valence-electron chi connectivity index (χ4n) is 2.68. The fourth-order valence-corrected chi connectivity index (χ4v) is 3.42. The molecular weight excluding hydrogens is 377 g/mol. The van der Waals surface area contributed by atoms with Crippen LogP contribution in [0.3, 0.4) is 0 Å². The highest BCUT2D eigenvalue weighted by Gasteiger charge is 2.17. The number of halogens is 1. The standard InChI is InChI=1S/C20H16FN5OS/c21-16-9-6-10-17(13-16)22-18(27)14-28-20-24-23-19(15-7-2-1-3-8-15)26(20)25-11-4-5-12-25/h1-13H,14H2,(H,22,27). The molecule has 0 unspecified atom stereocenters. The Balaban J connectivity index is 1.55. The largest absolute Gasteiger partial charge is 0.325 e. The molecule has 0 aliphatic rings. The molecule has 0 fully saturated rings. The number of carbonyl (C=O) groups excluding carboxylic acids is 1. The number of thioether (sulfide) groups is 1. The Bertz CT molecular complexity index is 1080. The van der Waals surface area contributed by atoms with Gasteiger partial charge in [-0.3, -0.25) is 9.47 Å². The first-order valence-electron chi connectivity index (χ1n) is 8.53. The van der Waals surface area contributed by atoms with Crippen LogP contribution in [0.25, 0.3) is 11.4 Å². The van der Waals surface area contributed by atoms with E-state index in [4.69, 9.17) is 0 Å². The summed E-state index contributed by atoms with van der Waals surface area (Å²) >= 11 is 1.26. The second-order valence-electron chi connectivity index (χ2n) is 5.89. The second-order valence-corrected chi connectivity index (χ2v) is 6.84. The highest BCUT2D eigenvalue weighted by molar-refractivity contribution is 7.99. The Labute approximate surface area is 165 Å². The van der Waals surface area contributed by atoms with E-state index in [9.17, 15) is 9.18 Å². The van der Waals surface area contributed by atoms with E-state index in [0.717, 1.165) is 5.56 Å². The molecule has 140 valence electrons. The van der Waals surface area contributed by atoms with Gasteiger partial charge in [-0.1, -0.05) is 48.2 Å². The van der Waals surface area contributed by atoms with Crippen LogP contribution in [0.4, 0.5) is 10.1 Å². The molecule has 2 heterocycles. The minimum absolute atomic E-state index is 0.116.